The fraction of sp³-hybridized carbons (Fsp3) is 0.538. The largest absolute Gasteiger partial charge is 0.396 e. The van der Waals surface area contributed by atoms with Crippen molar-refractivity contribution in [2.45, 2.75) is 25.7 Å². The minimum absolute atomic E-state index is 0.00994. The summed E-state index contributed by atoms with van der Waals surface area (Å²) in [4.78, 5) is 10.2. The molecular weight excluding hydrogens is 268 g/mol. The van der Waals surface area contributed by atoms with Crippen molar-refractivity contribution in [1.29, 1.82) is 0 Å². The Kier molecular flexibility index (Phi) is 4.27. The van der Waals surface area contributed by atoms with Crippen LogP contribution in [0.15, 0.2) is 18.2 Å². The summed E-state index contributed by atoms with van der Waals surface area (Å²) in [7, 11) is 0. The third-order valence-corrected chi connectivity index (χ3v) is 4.19. The van der Waals surface area contributed by atoms with Crippen molar-refractivity contribution >= 4 is 23.0 Å². The molecule has 0 atom stereocenters. The summed E-state index contributed by atoms with van der Waals surface area (Å²) in [5.41, 5.74) is 0.848. The standard InChI is InChI=1S/C13H17ClN2O3/c14-11-8-10(16(18)19)2-3-12(11)15-9-13(6-7-17)4-1-5-13/h2-3,8,15,17H,1,4-7,9H2. The Morgan fingerprint density at radius 1 is 1.47 bits per heavy atom. The molecule has 19 heavy (non-hydrogen) atoms. The molecule has 0 saturated heterocycles. The van der Waals surface area contributed by atoms with E-state index >= 15 is 0 Å². The lowest BCUT2D eigenvalue weighted by atomic mass is 9.67. The molecule has 5 nitrogen and oxygen atoms in total. The van der Waals surface area contributed by atoms with Crippen LogP contribution in [0.5, 0.6) is 0 Å². The second kappa shape index (κ2) is 5.75. The average molecular weight is 285 g/mol. The van der Waals surface area contributed by atoms with Gasteiger partial charge in [0.1, 0.15) is 0 Å². The molecule has 104 valence electrons. The van der Waals surface area contributed by atoms with E-state index in [0.29, 0.717) is 10.7 Å². The van der Waals surface area contributed by atoms with Crippen molar-refractivity contribution < 1.29 is 10.0 Å². The lowest BCUT2D eigenvalue weighted by Gasteiger charge is -2.42. The van der Waals surface area contributed by atoms with Crippen LogP contribution in [0.1, 0.15) is 25.7 Å². The van der Waals surface area contributed by atoms with Gasteiger partial charge in [0.2, 0.25) is 0 Å². The van der Waals surface area contributed by atoms with Crippen LogP contribution in [0, 0.1) is 15.5 Å². The molecular formula is C13H17ClN2O3. The topological polar surface area (TPSA) is 75.4 Å². The molecule has 1 aromatic rings. The Hall–Kier alpha value is -1.33. The van der Waals surface area contributed by atoms with Crippen molar-refractivity contribution in [3.8, 4) is 0 Å². The first-order valence-corrected chi connectivity index (χ1v) is 6.73. The molecule has 0 bridgehead atoms. The first-order chi connectivity index (χ1) is 9.06. The normalized spacial score (nSPS) is 16.7. The first kappa shape index (κ1) is 14.1. The van der Waals surface area contributed by atoms with Gasteiger partial charge in [0, 0.05) is 25.3 Å². The van der Waals surface area contributed by atoms with E-state index in [1.807, 2.05) is 0 Å². The molecule has 1 fully saturated rings. The highest BCUT2D eigenvalue weighted by Crippen LogP contribution is 2.44. The maximum atomic E-state index is 10.6. The van der Waals surface area contributed by atoms with Crippen LogP contribution >= 0.6 is 11.6 Å². The van der Waals surface area contributed by atoms with E-state index in [-0.39, 0.29) is 17.7 Å². The van der Waals surface area contributed by atoms with Gasteiger partial charge in [-0.2, -0.15) is 0 Å². The van der Waals surface area contributed by atoms with Crippen LogP contribution in [0.4, 0.5) is 11.4 Å². The lowest BCUT2D eigenvalue weighted by Crippen LogP contribution is -2.37. The van der Waals surface area contributed by atoms with E-state index < -0.39 is 4.92 Å². The van der Waals surface area contributed by atoms with Crippen molar-refractivity contribution in [3.05, 3.63) is 33.3 Å². The zero-order valence-corrected chi connectivity index (χ0v) is 11.3. The number of nitrogens with zero attached hydrogens (tertiary/aromatic N) is 1. The predicted molar refractivity (Wildman–Crippen MR) is 74.6 cm³/mol. The molecule has 1 aliphatic rings. The Balaban J connectivity index is 2.01. The number of aliphatic hydroxyl groups is 1. The molecule has 2 N–H and O–H groups in total. The SMILES string of the molecule is O=[N+]([O-])c1ccc(NCC2(CCO)CCC2)c(Cl)c1. The van der Waals surface area contributed by atoms with E-state index in [9.17, 15) is 10.1 Å². The molecule has 1 saturated carbocycles. The van der Waals surface area contributed by atoms with Crippen LogP contribution in [-0.2, 0) is 0 Å². The summed E-state index contributed by atoms with van der Waals surface area (Å²) >= 11 is 6.02. The van der Waals surface area contributed by atoms with Crippen LogP contribution in [0.3, 0.4) is 0 Å². The molecule has 0 spiro atoms. The second-order valence-electron chi connectivity index (χ2n) is 5.10. The van der Waals surface area contributed by atoms with Gasteiger partial charge in [0.05, 0.1) is 15.6 Å². The summed E-state index contributed by atoms with van der Waals surface area (Å²) in [6.45, 7) is 0.931. The van der Waals surface area contributed by atoms with Gasteiger partial charge in [0.25, 0.3) is 5.69 Å². The molecule has 1 aliphatic carbocycles. The highest BCUT2D eigenvalue weighted by atomic mass is 35.5. The van der Waals surface area contributed by atoms with E-state index in [4.69, 9.17) is 16.7 Å². The number of nitro benzene ring substituents is 1. The number of nitrogens with one attached hydrogen (secondary N) is 1. The fourth-order valence-electron chi connectivity index (χ4n) is 2.47. The third kappa shape index (κ3) is 3.16. The molecule has 2 rings (SSSR count). The number of nitro groups is 1. The summed E-state index contributed by atoms with van der Waals surface area (Å²) in [5, 5.41) is 23.3. The molecule has 0 radical (unpaired) electrons. The van der Waals surface area contributed by atoms with Crippen molar-refractivity contribution in [2.24, 2.45) is 5.41 Å². The Bertz CT molecular complexity index is 475. The maximum Gasteiger partial charge on any atom is 0.271 e. The lowest BCUT2D eigenvalue weighted by molar-refractivity contribution is -0.384. The number of hydrogen-bond donors (Lipinski definition) is 2. The molecule has 0 amide bonds. The zero-order chi connectivity index (χ0) is 13.9. The molecule has 0 aromatic heterocycles. The summed E-state index contributed by atoms with van der Waals surface area (Å²) in [6, 6.07) is 4.42. The molecule has 0 heterocycles. The number of anilines is 1. The van der Waals surface area contributed by atoms with E-state index in [1.165, 1.54) is 18.6 Å². The van der Waals surface area contributed by atoms with Crippen LogP contribution in [0.25, 0.3) is 0 Å². The first-order valence-electron chi connectivity index (χ1n) is 6.35. The Morgan fingerprint density at radius 2 is 2.21 bits per heavy atom. The van der Waals surface area contributed by atoms with Gasteiger partial charge in [-0.05, 0) is 30.7 Å². The predicted octanol–water partition coefficient (Wildman–Crippen LogP) is 3.21. The van der Waals surface area contributed by atoms with Crippen LogP contribution in [-0.4, -0.2) is 23.2 Å². The smallest absolute Gasteiger partial charge is 0.271 e. The average Bonchev–Trinajstić information content (AvgIpc) is 2.33. The Morgan fingerprint density at radius 3 is 2.68 bits per heavy atom. The van der Waals surface area contributed by atoms with E-state index in [0.717, 1.165) is 25.8 Å². The van der Waals surface area contributed by atoms with Crippen LogP contribution in [0.2, 0.25) is 5.02 Å². The highest BCUT2D eigenvalue weighted by molar-refractivity contribution is 6.33. The molecule has 0 unspecified atom stereocenters. The van der Waals surface area contributed by atoms with Crippen molar-refractivity contribution in [3.63, 3.8) is 0 Å². The summed E-state index contributed by atoms with van der Waals surface area (Å²) < 4.78 is 0. The van der Waals surface area contributed by atoms with Crippen molar-refractivity contribution in [2.75, 3.05) is 18.5 Å². The minimum atomic E-state index is -0.463. The van der Waals surface area contributed by atoms with Gasteiger partial charge in [-0.1, -0.05) is 18.0 Å². The monoisotopic (exact) mass is 284 g/mol. The minimum Gasteiger partial charge on any atom is -0.396 e. The van der Waals surface area contributed by atoms with Gasteiger partial charge >= 0.3 is 0 Å². The van der Waals surface area contributed by atoms with Gasteiger partial charge in [0.15, 0.2) is 0 Å². The van der Waals surface area contributed by atoms with Gasteiger partial charge in [-0.3, -0.25) is 10.1 Å². The van der Waals surface area contributed by atoms with Gasteiger partial charge < -0.3 is 10.4 Å². The third-order valence-electron chi connectivity index (χ3n) is 3.87. The maximum absolute atomic E-state index is 10.6. The van der Waals surface area contributed by atoms with Crippen molar-refractivity contribution in [1.82, 2.24) is 0 Å². The summed E-state index contributed by atoms with van der Waals surface area (Å²) in [6.07, 6.45) is 4.18. The highest BCUT2D eigenvalue weighted by Gasteiger charge is 2.36. The molecule has 6 heteroatoms. The quantitative estimate of drug-likeness (QED) is 0.621. The second-order valence-corrected chi connectivity index (χ2v) is 5.51. The summed E-state index contributed by atoms with van der Waals surface area (Å²) in [5.74, 6) is 0. The number of aliphatic hydroxyl groups excluding tert-OH is 1. The number of halogens is 1. The van der Waals surface area contributed by atoms with E-state index in [2.05, 4.69) is 5.32 Å². The van der Waals surface area contributed by atoms with E-state index in [1.54, 1.807) is 6.07 Å². The van der Waals surface area contributed by atoms with Gasteiger partial charge in [-0.15, -0.1) is 0 Å². The fourth-order valence-corrected chi connectivity index (χ4v) is 2.71. The molecule has 1 aromatic carbocycles. The molecule has 0 aliphatic heterocycles. The number of benzene rings is 1. The number of non-ortho nitro benzene ring substituents is 1. The Labute approximate surface area is 116 Å². The van der Waals surface area contributed by atoms with Gasteiger partial charge in [-0.25, -0.2) is 0 Å². The van der Waals surface area contributed by atoms with Crippen LogP contribution < -0.4 is 5.32 Å². The number of rotatable bonds is 6. The zero-order valence-electron chi connectivity index (χ0n) is 10.6. The number of hydrogen-bond acceptors (Lipinski definition) is 4.